The topological polar surface area (TPSA) is 57.5 Å². The molecule has 1 aliphatic carbocycles. The highest BCUT2D eigenvalue weighted by atomic mass is 16.6. The molecule has 1 saturated heterocycles. The molecule has 21 heavy (non-hydrogen) atoms. The molecular formula is C15H28N4O2. The standard InChI is InChI=1S/C15H28N4O2/c1-15(2,3)21-14(20)19-7-6-11-8-13(9-12(11)10-19)18(5)17-16-4/h11-13H,6-10H2,1-5H3/t11-,12-,13-/m1/s1. The molecule has 0 radical (unpaired) electrons. The summed E-state index contributed by atoms with van der Waals surface area (Å²) in [5, 5.41) is 9.94. The largest absolute Gasteiger partial charge is 0.444 e. The third kappa shape index (κ3) is 4.08. The molecule has 0 spiro atoms. The average Bonchev–Trinajstić information content (AvgIpc) is 2.79. The van der Waals surface area contributed by atoms with E-state index >= 15 is 0 Å². The minimum absolute atomic E-state index is 0.175. The summed E-state index contributed by atoms with van der Waals surface area (Å²) in [6, 6.07) is 0.447. The van der Waals surface area contributed by atoms with Crippen LogP contribution in [0.15, 0.2) is 10.3 Å². The lowest BCUT2D eigenvalue weighted by Crippen LogP contribution is -2.44. The quantitative estimate of drug-likeness (QED) is 0.581. The molecule has 2 fully saturated rings. The van der Waals surface area contributed by atoms with Gasteiger partial charge in [0.25, 0.3) is 0 Å². The third-order valence-corrected chi connectivity index (χ3v) is 4.45. The van der Waals surface area contributed by atoms with E-state index in [4.69, 9.17) is 4.74 Å². The molecule has 1 heterocycles. The van der Waals surface area contributed by atoms with E-state index in [1.54, 1.807) is 7.05 Å². The molecule has 0 aromatic heterocycles. The van der Waals surface area contributed by atoms with E-state index in [0.29, 0.717) is 17.9 Å². The lowest BCUT2D eigenvalue weighted by molar-refractivity contribution is 0.0127. The van der Waals surface area contributed by atoms with Crippen LogP contribution in [-0.2, 0) is 4.74 Å². The Morgan fingerprint density at radius 1 is 1.29 bits per heavy atom. The number of amides is 1. The molecular weight excluding hydrogens is 268 g/mol. The molecule has 1 aliphatic heterocycles. The highest BCUT2D eigenvalue weighted by Crippen LogP contribution is 2.40. The Morgan fingerprint density at radius 2 is 1.95 bits per heavy atom. The maximum absolute atomic E-state index is 12.2. The summed E-state index contributed by atoms with van der Waals surface area (Å²) in [7, 11) is 3.68. The highest BCUT2D eigenvalue weighted by Gasteiger charge is 2.41. The van der Waals surface area contributed by atoms with Gasteiger partial charge in [-0.3, -0.25) is 5.01 Å². The van der Waals surface area contributed by atoms with Gasteiger partial charge < -0.3 is 9.64 Å². The number of carbonyl (C=O) groups is 1. The van der Waals surface area contributed by atoms with Crippen molar-refractivity contribution < 1.29 is 9.53 Å². The van der Waals surface area contributed by atoms with Gasteiger partial charge in [0.1, 0.15) is 5.60 Å². The Hall–Kier alpha value is -1.33. The summed E-state index contributed by atoms with van der Waals surface area (Å²) in [5.74, 6) is 1.26. The number of rotatable bonds is 2. The van der Waals surface area contributed by atoms with Crippen molar-refractivity contribution in [2.24, 2.45) is 22.2 Å². The second-order valence-electron chi connectivity index (χ2n) is 7.22. The summed E-state index contributed by atoms with van der Waals surface area (Å²) >= 11 is 0. The molecule has 6 heteroatoms. The number of likely N-dealkylation sites (tertiary alicyclic amines) is 1. The van der Waals surface area contributed by atoms with Crippen LogP contribution in [0.1, 0.15) is 40.0 Å². The summed E-state index contributed by atoms with van der Waals surface area (Å²) in [6.45, 7) is 7.35. The average molecular weight is 296 g/mol. The maximum Gasteiger partial charge on any atom is 0.410 e. The van der Waals surface area contributed by atoms with E-state index in [9.17, 15) is 4.79 Å². The number of ether oxygens (including phenoxy) is 1. The second-order valence-corrected chi connectivity index (χ2v) is 7.22. The molecule has 120 valence electrons. The second kappa shape index (κ2) is 6.20. The predicted molar refractivity (Wildman–Crippen MR) is 81.0 cm³/mol. The van der Waals surface area contributed by atoms with Crippen molar-refractivity contribution in [2.45, 2.75) is 51.7 Å². The number of hydrogen-bond acceptors (Lipinski definition) is 4. The minimum atomic E-state index is -0.423. The van der Waals surface area contributed by atoms with Crippen LogP contribution < -0.4 is 0 Å². The van der Waals surface area contributed by atoms with E-state index < -0.39 is 5.60 Å². The van der Waals surface area contributed by atoms with E-state index in [-0.39, 0.29) is 6.09 Å². The van der Waals surface area contributed by atoms with Crippen molar-refractivity contribution in [1.82, 2.24) is 9.91 Å². The van der Waals surface area contributed by atoms with Gasteiger partial charge in [-0.25, -0.2) is 4.79 Å². The van der Waals surface area contributed by atoms with Crippen LogP contribution >= 0.6 is 0 Å². The molecule has 0 unspecified atom stereocenters. The van der Waals surface area contributed by atoms with Crippen LogP contribution in [0, 0.1) is 11.8 Å². The number of carbonyl (C=O) groups excluding carboxylic acids is 1. The van der Waals surface area contributed by atoms with Gasteiger partial charge in [-0.15, -0.1) is 0 Å². The first-order chi connectivity index (χ1) is 9.80. The summed E-state index contributed by atoms with van der Waals surface area (Å²) in [6.07, 6.45) is 3.13. The van der Waals surface area contributed by atoms with Gasteiger partial charge in [-0.2, -0.15) is 5.11 Å². The normalized spacial score (nSPS) is 29.6. The van der Waals surface area contributed by atoms with Crippen LogP contribution in [0.4, 0.5) is 4.79 Å². The first-order valence-electron chi connectivity index (χ1n) is 7.80. The minimum Gasteiger partial charge on any atom is -0.444 e. The molecule has 6 nitrogen and oxygen atoms in total. The summed E-state index contributed by atoms with van der Waals surface area (Å²) in [5.41, 5.74) is -0.423. The molecule has 2 aliphatic rings. The Balaban J connectivity index is 1.91. The van der Waals surface area contributed by atoms with E-state index in [2.05, 4.69) is 10.3 Å². The number of nitrogens with zero attached hydrogens (tertiary/aromatic N) is 4. The molecule has 0 aromatic rings. The molecule has 1 saturated carbocycles. The lowest BCUT2D eigenvalue weighted by atomic mass is 9.89. The zero-order chi connectivity index (χ0) is 15.6. The molecule has 1 amide bonds. The monoisotopic (exact) mass is 296 g/mol. The van der Waals surface area contributed by atoms with Gasteiger partial charge in [0.2, 0.25) is 0 Å². The maximum atomic E-state index is 12.2. The number of hydrogen-bond donors (Lipinski definition) is 0. The number of piperidine rings is 1. The summed E-state index contributed by atoms with van der Waals surface area (Å²) < 4.78 is 5.48. The predicted octanol–water partition coefficient (Wildman–Crippen LogP) is 2.95. The first kappa shape index (κ1) is 16.0. The van der Waals surface area contributed by atoms with Gasteiger partial charge in [0.05, 0.1) is 7.05 Å². The Morgan fingerprint density at radius 3 is 2.57 bits per heavy atom. The molecule has 0 N–H and O–H groups in total. The fraction of sp³-hybridized carbons (Fsp3) is 0.933. The van der Waals surface area contributed by atoms with Crippen LogP contribution in [0.5, 0.6) is 0 Å². The zero-order valence-electron chi connectivity index (χ0n) is 13.9. The van der Waals surface area contributed by atoms with E-state index in [1.807, 2.05) is 37.7 Å². The van der Waals surface area contributed by atoms with Crippen molar-refractivity contribution >= 4 is 6.09 Å². The van der Waals surface area contributed by atoms with Crippen molar-refractivity contribution in [3.8, 4) is 0 Å². The fourth-order valence-electron chi connectivity index (χ4n) is 3.46. The summed E-state index contributed by atoms with van der Waals surface area (Å²) in [4.78, 5) is 14.1. The van der Waals surface area contributed by atoms with Crippen molar-refractivity contribution in [3.05, 3.63) is 0 Å². The fourth-order valence-corrected chi connectivity index (χ4v) is 3.46. The molecule has 0 bridgehead atoms. The molecule has 3 atom stereocenters. The van der Waals surface area contributed by atoms with Gasteiger partial charge in [-0.1, -0.05) is 5.22 Å². The Kier molecular flexibility index (Phi) is 4.74. The van der Waals surface area contributed by atoms with Crippen LogP contribution in [0.3, 0.4) is 0 Å². The van der Waals surface area contributed by atoms with Gasteiger partial charge in [0.15, 0.2) is 0 Å². The van der Waals surface area contributed by atoms with E-state index in [1.165, 1.54) is 0 Å². The highest BCUT2D eigenvalue weighted by molar-refractivity contribution is 5.68. The first-order valence-corrected chi connectivity index (χ1v) is 7.80. The molecule has 2 rings (SSSR count). The van der Waals surface area contributed by atoms with Crippen molar-refractivity contribution in [3.63, 3.8) is 0 Å². The van der Waals surface area contributed by atoms with Gasteiger partial charge in [-0.05, 0) is 51.9 Å². The van der Waals surface area contributed by atoms with Gasteiger partial charge in [0, 0.05) is 26.2 Å². The van der Waals surface area contributed by atoms with E-state index in [0.717, 1.165) is 32.4 Å². The SMILES string of the molecule is CN=NN(C)[C@@H]1C[C@H]2CCN(C(=O)OC(C)(C)C)C[C@H]2C1. The lowest BCUT2D eigenvalue weighted by Gasteiger charge is -2.35. The van der Waals surface area contributed by atoms with Crippen LogP contribution in [0.2, 0.25) is 0 Å². The smallest absolute Gasteiger partial charge is 0.410 e. The van der Waals surface area contributed by atoms with Crippen molar-refractivity contribution in [2.75, 3.05) is 27.2 Å². The van der Waals surface area contributed by atoms with Crippen molar-refractivity contribution in [1.29, 1.82) is 0 Å². The molecule has 0 aromatic carbocycles. The van der Waals surface area contributed by atoms with Crippen LogP contribution in [0.25, 0.3) is 0 Å². The van der Waals surface area contributed by atoms with Gasteiger partial charge >= 0.3 is 6.09 Å². The Labute approximate surface area is 127 Å². The third-order valence-electron chi connectivity index (χ3n) is 4.45. The number of fused-ring (bicyclic) bond motifs is 1. The van der Waals surface area contributed by atoms with Crippen LogP contribution in [-0.4, -0.2) is 54.8 Å². The Bertz CT molecular complexity index is 405. The zero-order valence-corrected chi connectivity index (χ0v) is 13.9.